The van der Waals surface area contributed by atoms with Crippen molar-refractivity contribution in [3.05, 3.63) is 35.6 Å². The summed E-state index contributed by atoms with van der Waals surface area (Å²) in [4.78, 5) is 31.8. The molecule has 1 saturated heterocycles. The molecule has 2 aliphatic rings. The Morgan fingerprint density at radius 1 is 1.18 bits per heavy atom. The molecule has 0 spiro atoms. The summed E-state index contributed by atoms with van der Waals surface area (Å²) in [5.41, 5.74) is 0.388. The number of benzene rings is 1. The molecule has 5 nitrogen and oxygen atoms in total. The zero-order valence-electron chi connectivity index (χ0n) is 17.1. The smallest absolute Gasteiger partial charge is 0.254 e. The first-order valence-corrected chi connectivity index (χ1v) is 10.5. The molecule has 1 aliphatic heterocycles. The highest BCUT2D eigenvalue weighted by Gasteiger charge is 2.38. The van der Waals surface area contributed by atoms with Crippen LogP contribution in [-0.4, -0.2) is 72.3 Å². The summed E-state index contributed by atoms with van der Waals surface area (Å²) in [5, 5.41) is 0. The summed E-state index contributed by atoms with van der Waals surface area (Å²) in [6.45, 7) is 5.39. The number of carbonyl (C=O) groups excluding carboxylic acids is 2. The highest BCUT2D eigenvalue weighted by molar-refractivity contribution is 5.94. The van der Waals surface area contributed by atoms with Crippen LogP contribution in [0.25, 0.3) is 0 Å². The maximum Gasteiger partial charge on any atom is 0.254 e. The Labute approximate surface area is 167 Å². The fourth-order valence-corrected chi connectivity index (χ4v) is 4.61. The minimum absolute atomic E-state index is 0.0783. The summed E-state index contributed by atoms with van der Waals surface area (Å²) in [6, 6.07) is 5.78. The van der Waals surface area contributed by atoms with Gasteiger partial charge in [-0.3, -0.25) is 14.5 Å². The standard InChI is InChI=1S/C22H32FN3O2/c1-3-11-24(2)22(28)20(17-7-4-5-8-17)25-12-14-26(15-13-25)21(27)18-9-6-10-19(23)16-18/h6,9-10,16-17,20H,3-5,7-8,11-15H2,1-2H3. The van der Waals surface area contributed by atoms with Gasteiger partial charge in [-0.15, -0.1) is 0 Å². The van der Waals surface area contributed by atoms with Crippen molar-refractivity contribution in [2.75, 3.05) is 39.8 Å². The van der Waals surface area contributed by atoms with E-state index in [0.717, 1.165) is 25.8 Å². The quantitative estimate of drug-likeness (QED) is 0.751. The summed E-state index contributed by atoms with van der Waals surface area (Å²) >= 11 is 0. The number of hydrogen-bond acceptors (Lipinski definition) is 3. The van der Waals surface area contributed by atoms with Gasteiger partial charge in [-0.05, 0) is 43.4 Å². The predicted octanol–water partition coefficient (Wildman–Crippen LogP) is 3.01. The van der Waals surface area contributed by atoms with Gasteiger partial charge in [0.1, 0.15) is 5.82 Å². The van der Waals surface area contributed by atoms with Crippen molar-refractivity contribution in [1.82, 2.24) is 14.7 Å². The SMILES string of the molecule is CCCN(C)C(=O)C(C1CCCC1)N1CCN(C(=O)c2cccc(F)c2)CC1. The van der Waals surface area contributed by atoms with E-state index in [0.29, 0.717) is 37.7 Å². The topological polar surface area (TPSA) is 43.9 Å². The molecule has 2 fully saturated rings. The first-order valence-electron chi connectivity index (χ1n) is 10.5. The van der Waals surface area contributed by atoms with Crippen molar-refractivity contribution >= 4 is 11.8 Å². The molecule has 154 valence electrons. The number of amides is 2. The van der Waals surface area contributed by atoms with E-state index in [9.17, 15) is 14.0 Å². The van der Waals surface area contributed by atoms with Crippen molar-refractivity contribution in [1.29, 1.82) is 0 Å². The molecule has 1 aliphatic carbocycles. The molecule has 1 aromatic carbocycles. The Morgan fingerprint density at radius 3 is 2.46 bits per heavy atom. The van der Waals surface area contributed by atoms with Crippen molar-refractivity contribution in [3.8, 4) is 0 Å². The van der Waals surface area contributed by atoms with Gasteiger partial charge in [0.2, 0.25) is 5.91 Å². The second-order valence-corrected chi connectivity index (χ2v) is 8.09. The molecule has 1 saturated carbocycles. The van der Waals surface area contributed by atoms with Crippen molar-refractivity contribution in [3.63, 3.8) is 0 Å². The van der Waals surface area contributed by atoms with Crippen LogP contribution in [0, 0.1) is 11.7 Å². The van der Waals surface area contributed by atoms with Crippen molar-refractivity contribution in [2.45, 2.75) is 45.1 Å². The highest BCUT2D eigenvalue weighted by Crippen LogP contribution is 2.32. The van der Waals surface area contributed by atoms with E-state index in [1.54, 1.807) is 17.0 Å². The third kappa shape index (κ3) is 4.72. The fourth-order valence-electron chi connectivity index (χ4n) is 4.61. The van der Waals surface area contributed by atoms with Crippen LogP contribution < -0.4 is 0 Å². The van der Waals surface area contributed by atoms with Crippen molar-refractivity contribution in [2.24, 2.45) is 5.92 Å². The molecule has 3 rings (SSSR count). The van der Waals surface area contributed by atoms with Gasteiger partial charge in [-0.1, -0.05) is 25.8 Å². The molecule has 6 heteroatoms. The number of piperazine rings is 1. The zero-order valence-corrected chi connectivity index (χ0v) is 17.1. The molecular weight excluding hydrogens is 357 g/mol. The van der Waals surface area contributed by atoms with Crippen LogP contribution in [-0.2, 0) is 4.79 Å². The summed E-state index contributed by atoms with van der Waals surface area (Å²) in [5.74, 6) is 0.109. The maximum absolute atomic E-state index is 13.4. The first kappa shape index (κ1) is 20.8. The number of likely N-dealkylation sites (N-methyl/N-ethyl adjacent to an activating group) is 1. The second kappa shape index (κ2) is 9.50. The van der Waals surface area contributed by atoms with Gasteiger partial charge >= 0.3 is 0 Å². The van der Waals surface area contributed by atoms with Gasteiger partial charge < -0.3 is 9.80 Å². The molecule has 0 N–H and O–H groups in total. The van der Waals surface area contributed by atoms with Gasteiger partial charge in [0.05, 0.1) is 6.04 Å². The number of halogens is 1. The van der Waals surface area contributed by atoms with E-state index in [-0.39, 0.29) is 17.9 Å². The van der Waals surface area contributed by atoms with E-state index >= 15 is 0 Å². The molecule has 1 atom stereocenters. The van der Waals surface area contributed by atoms with Gasteiger partial charge in [0, 0.05) is 45.3 Å². The van der Waals surface area contributed by atoms with Gasteiger partial charge in [0.25, 0.3) is 5.91 Å². The lowest BCUT2D eigenvalue weighted by molar-refractivity contribution is -0.138. The number of hydrogen-bond donors (Lipinski definition) is 0. The second-order valence-electron chi connectivity index (χ2n) is 8.09. The predicted molar refractivity (Wildman–Crippen MR) is 108 cm³/mol. The number of rotatable bonds is 6. The summed E-state index contributed by atoms with van der Waals surface area (Å²) in [7, 11) is 1.90. The van der Waals surface area contributed by atoms with Crippen LogP contribution in [0.3, 0.4) is 0 Å². The normalized spacial score (nSPS) is 19.6. The minimum atomic E-state index is -0.393. The number of carbonyl (C=O) groups is 2. The summed E-state index contributed by atoms with van der Waals surface area (Å²) in [6.07, 6.45) is 5.57. The molecule has 1 heterocycles. The molecular formula is C22H32FN3O2. The Morgan fingerprint density at radius 2 is 1.86 bits per heavy atom. The van der Waals surface area contributed by atoms with Crippen LogP contribution in [0.15, 0.2) is 24.3 Å². The van der Waals surface area contributed by atoms with E-state index < -0.39 is 5.82 Å². The minimum Gasteiger partial charge on any atom is -0.344 e. The number of nitrogens with zero attached hydrogens (tertiary/aromatic N) is 3. The van der Waals surface area contributed by atoms with Crippen LogP contribution in [0.1, 0.15) is 49.4 Å². The van der Waals surface area contributed by atoms with Crippen LogP contribution in [0.5, 0.6) is 0 Å². The third-order valence-electron chi connectivity index (χ3n) is 6.10. The molecule has 0 radical (unpaired) electrons. The van der Waals surface area contributed by atoms with E-state index in [4.69, 9.17) is 0 Å². The molecule has 0 aromatic heterocycles. The first-order chi connectivity index (χ1) is 13.5. The highest BCUT2D eigenvalue weighted by atomic mass is 19.1. The monoisotopic (exact) mass is 389 g/mol. The maximum atomic E-state index is 13.4. The largest absolute Gasteiger partial charge is 0.344 e. The van der Waals surface area contributed by atoms with Crippen molar-refractivity contribution < 1.29 is 14.0 Å². The Bertz CT molecular complexity index is 682. The molecule has 0 bridgehead atoms. The van der Waals surface area contributed by atoms with Crippen LogP contribution in [0.2, 0.25) is 0 Å². The lowest BCUT2D eigenvalue weighted by Crippen LogP contribution is -2.58. The molecule has 28 heavy (non-hydrogen) atoms. The Hall–Kier alpha value is -1.95. The van der Waals surface area contributed by atoms with E-state index in [2.05, 4.69) is 11.8 Å². The molecule has 1 aromatic rings. The van der Waals surface area contributed by atoms with E-state index in [1.165, 1.54) is 25.0 Å². The van der Waals surface area contributed by atoms with Gasteiger partial charge in [0.15, 0.2) is 0 Å². The third-order valence-corrected chi connectivity index (χ3v) is 6.10. The van der Waals surface area contributed by atoms with Gasteiger partial charge in [-0.2, -0.15) is 0 Å². The lowest BCUT2D eigenvalue weighted by atomic mass is 9.94. The molecule has 1 unspecified atom stereocenters. The zero-order chi connectivity index (χ0) is 20.1. The fraction of sp³-hybridized carbons (Fsp3) is 0.636. The van der Waals surface area contributed by atoms with Gasteiger partial charge in [-0.25, -0.2) is 4.39 Å². The summed E-state index contributed by atoms with van der Waals surface area (Å²) < 4.78 is 13.4. The average Bonchev–Trinajstić information content (AvgIpc) is 3.22. The van der Waals surface area contributed by atoms with Crippen LogP contribution >= 0.6 is 0 Å². The lowest BCUT2D eigenvalue weighted by Gasteiger charge is -2.42. The average molecular weight is 390 g/mol. The Balaban J connectivity index is 1.66. The molecule has 2 amide bonds. The van der Waals surface area contributed by atoms with Crippen LogP contribution in [0.4, 0.5) is 4.39 Å². The van der Waals surface area contributed by atoms with E-state index in [1.807, 2.05) is 11.9 Å². The Kier molecular flexibility index (Phi) is 7.05.